The molecule has 3 rings (SSSR count). The van der Waals surface area contributed by atoms with Gasteiger partial charge in [0.2, 0.25) is 11.8 Å². The zero-order valence-electron chi connectivity index (χ0n) is 14.7. The molecular formula is C17H21N3O4S2. The fraction of sp³-hybridized carbons (Fsp3) is 0.471. The predicted molar refractivity (Wildman–Crippen MR) is 98.5 cm³/mol. The number of sulfone groups is 1. The highest BCUT2D eigenvalue weighted by Gasteiger charge is 2.30. The van der Waals surface area contributed by atoms with Gasteiger partial charge in [-0.05, 0) is 29.7 Å². The van der Waals surface area contributed by atoms with Crippen molar-refractivity contribution >= 4 is 27.5 Å². The molecule has 1 aromatic heterocycles. The molecule has 0 unspecified atom stereocenters. The predicted octanol–water partition coefficient (Wildman–Crippen LogP) is 1.97. The van der Waals surface area contributed by atoms with E-state index in [1.54, 1.807) is 14.1 Å². The molecule has 2 heterocycles. The smallest absolute Gasteiger partial charge is 0.277 e. The summed E-state index contributed by atoms with van der Waals surface area (Å²) < 4.78 is 28.8. The standard InChI is InChI=1S/C17H21N3O4S2/c1-20(2)16(21)15(13-6-4-3-5-7-13)25-17-19-18-14(24-17)10-12-8-9-26(22,23)11-12/h3-7,12,15H,8-11H2,1-2H3/t12-,15+/m1/s1. The summed E-state index contributed by atoms with van der Waals surface area (Å²) in [5.41, 5.74) is 0.859. The van der Waals surface area contributed by atoms with Crippen molar-refractivity contribution in [1.82, 2.24) is 15.1 Å². The lowest BCUT2D eigenvalue weighted by Gasteiger charge is -2.18. The Morgan fingerprint density at radius 3 is 2.65 bits per heavy atom. The van der Waals surface area contributed by atoms with Crippen LogP contribution in [-0.4, -0.2) is 55.0 Å². The third-order valence-corrected chi connectivity index (χ3v) is 7.14. The van der Waals surface area contributed by atoms with Crippen molar-refractivity contribution in [2.75, 3.05) is 25.6 Å². The third kappa shape index (κ3) is 4.64. The average molecular weight is 396 g/mol. The van der Waals surface area contributed by atoms with Crippen molar-refractivity contribution in [3.05, 3.63) is 41.8 Å². The molecule has 0 radical (unpaired) electrons. The van der Waals surface area contributed by atoms with Crippen LogP contribution in [0.5, 0.6) is 0 Å². The number of hydrogen-bond acceptors (Lipinski definition) is 7. The van der Waals surface area contributed by atoms with Gasteiger partial charge in [0.05, 0.1) is 11.5 Å². The van der Waals surface area contributed by atoms with Crippen LogP contribution >= 0.6 is 11.8 Å². The molecule has 9 heteroatoms. The number of carbonyl (C=O) groups is 1. The maximum absolute atomic E-state index is 12.6. The average Bonchev–Trinajstić information content (AvgIpc) is 3.18. The summed E-state index contributed by atoms with van der Waals surface area (Å²) in [6.07, 6.45) is 1.07. The molecule has 2 aromatic rings. The van der Waals surface area contributed by atoms with E-state index < -0.39 is 15.1 Å². The zero-order valence-corrected chi connectivity index (χ0v) is 16.3. The minimum Gasteiger partial charge on any atom is -0.416 e. The Labute approximate surface area is 157 Å². The molecule has 1 aliphatic heterocycles. The minimum absolute atomic E-state index is 0.0200. The Morgan fingerprint density at radius 2 is 2.04 bits per heavy atom. The van der Waals surface area contributed by atoms with Crippen molar-refractivity contribution in [3.63, 3.8) is 0 Å². The molecule has 26 heavy (non-hydrogen) atoms. The van der Waals surface area contributed by atoms with Gasteiger partial charge in [-0.3, -0.25) is 4.79 Å². The van der Waals surface area contributed by atoms with E-state index in [4.69, 9.17) is 4.42 Å². The molecule has 0 saturated carbocycles. The van der Waals surface area contributed by atoms with E-state index in [-0.39, 0.29) is 23.3 Å². The van der Waals surface area contributed by atoms with E-state index in [1.165, 1.54) is 16.7 Å². The highest BCUT2D eigenvalue weighted by atomic mass is 32.2. The van der Waals surface area contributed by atoms with Gasteiger partial charge in [0.25, 0.3) is 5.22 Å². The van der Waals surface area contributed by atoms with E-state index in [9.17, 15) is 13.2 Å². The Bertz CT molecular complexity index is 865. The van der Waals surface area contributed by atoms with Crippen LogP contribution in [0.15, 0.2) is 40.0 Å². The third-order valence-electron chi connectivity index (χ3n) is 4.22. The summed E-state index contributed by atoms with van der Waals surface area (Å²) in [6, 6.07) is 9.43. The molecule has 1 amide bonds. The largest absolute Gasteiger partial charge is 0.416 e. The Hall–Kier alpha value is -1.87. The van der Waals surface area contributed by atoms with Crippen LogP contribution in [0.1, 0.15) is 23.1 Å². The number of aromatic nitrogens is 2. The van der Waals surface area contributed by atoms with Crippen LogP contribution in [0.4, 0.5) is 0 Å². The van der Waals surface area contributed by atoms with Crippen LogP contribution in [0, 0.1) is 5.92 Å². The number of nitrogens with zero attached hydrogens (tertiary/aromatic N) is 3. The number of thioether (sulfide) groups is 1. The van der Waals surface area contributed by atoms with Crippen molar-refractivity contribution in [3.8, 4) is 0 Å². The molecule has 7 nitrogen and oxygen atoms in total. The van der Waals surface area contributed by atoms with Crippen LogP contribution in [0.3, 0.4) is 0 Å². The van der Waals surface area contributed by atoms with Crippen molar-refractivity contribution in [1.29, 1.82) is 0 Å². The van der Waals surface area contributed by atoms with Crippen molar-refractivity contribution in [2.45, 2.75) is 23.3 Å². The maximum atomic E-state index is 12.6. The number of hydrogen-bond donors (Lipinski definition) is 0. The van der Waals surface area contributed by atoms with E-state index in [2.05, 4.69) is 10.2 Å². The quantitative estimate of drug-likeness (QED) is 0.690. The van der Waals surface area contributed by atoms with Crippen LogP contribution in [0.2, 0.25) is 0 Å². The molecule has 0 N–H and O–H groups in total. The molecule has 2 atom stereocenters. The summed E-state index contributed by atoms with van der Waals surface area (Å²) in [7, 11) is 0.484. The molecule has 0 bridgehead atoms. The first kappa shape index (κ1) is 18.9. The number of benzene rings is 1. The summed E-state index contributed by atoms with van der Waals surface area (Å²) in [6.45, 7) is 0. The van der Waals surface area contributed by atoms with Gasteiger partial charge in [-0.25, -0.2) is 8.42 Å². The van der Waals surface area contributed by atoms with Gasteiger partial charge < -0.3 is 9.32 Å². The van der Waals surface area contributed by atoms with Crippen LogP contribution in [-0.2, 0) is 21.1 Å². The van der Waals surface area contributed by atoms with Gasteiger partial charge in [-0.2, -0.15) is 0 Å². The molecule has 0 spiro atoms. The van der Waals surface area contributed by atoms with E-state index in [0.717, 1.165) is 5.56 Å². The normalized spacial score (nSPS) is 20.0. The first-order valence-corrected chi connectivity index (χ1v) is 11.0. The van der Waals surface area contributed by atoms with Gasteiger partial charge in [0, 0.05) is 20.5 Å². The van der Waals surface area contributed by atoms with Crippen LogP contribution in [0.25, 0.3) is 0 Å². The van der Waals surface area contributed by atoms with E-state index >= 15 is 0 Å². The fourth-order valence-electron chi connectivity index (χ4n) is 2.87. The number of rotatable bonds is 6. The molecule has 1 aromatic carbocycles. The van der Waals surface area contributed by atoms with Gasteiger partial charge in [0.15, 0.2) is 9.84 Å². The van der Waals surface area contributed by atoms with Crippen molar-refractivity contribution in [2.24, 2.45) is 5.92 Å². The second-order valence-corrected chi connectivity index (χ2v) is 9.86. The first-order chi connectivity index (χ1) is 12.3. The van der Waals surface area contributed by atoms with Gasteiger partial charge in [-0.1, -0.05) is 30.3 Å². The molecule has 1 aliphatic rings. The molecular weight excluding hydrogens is 374 g/mol. The van der Waals surface area contributed by atoms with Gasteiger partial charge >= 0.3 is 0 Å². The summed E-state index contributed by atoms with van der Waals surface area (Å²) in [5, 5.41) is 7.88. The minimum atomic E-state index is -2.93. The molecule has 1 fully saturated rings. The molecule has 1 saturated heterocycles. The Kier molecular flexibility index (Phi) is 5.67. The zero-order chi connectivity index (χ0) is 18.7. The van der Waals surface area contributed by atoms with Crippen molar-refractivity contribution < 1.29 is 17.6 Å². The SMILES string of the molecule is CN(C)C(=O)[C@@H](Sc1nnc(C[C@H]2CCS(=O)(=O)C2)o1)c1ccccc1. The number of carbonyl (C=O) groups excluding carboxylic acids is 1. The van der Waals surface area contributed by atoms with E-state index in [1.807, 2.05) is 30.3 Å². The lowest BCUT2D eigenvalue weighted by atomic mass is 10.1. The first-order valence-electron chi connectivity index (χ1n) is 8.29. The second-order valence-electron chi connectivity index (χ2n) is 6.58. The lowest BCUT2D eigenvalue weighted by Crippen LogP contribution is -2.26. The van der Waals surface area contributed by atoms with Crippen LogP contribution < -0.4 is 0 Å². The molecule has 0 aliphatic carbocycles. The summed E-state index contributed by atoms with van der Waals surface area (Å²) in [4.78, 5) is 14.1. The highest BCUT2D eigenvalue weighted by Crippen LogP contribution is 2.36. The van der Waals surface area contributed by atoms with Gasteiger partial charge in [-0.15, -0.1) is 10.2 Å². The molecule has 140 valence electrons. The highest BCUT2D eigenvalue weighted by molar-refractivity contribution is 8.00. The number of amides is 1. The second kappa shape index (κ2) is 7.79. The van der Waals surface area contributed by atoms with Gasteiger partial charge in [0.1, 0.15) is 5.25 Å². The summed E-state index contributed by atoms with van der Waals surface area (Å²) in [5.74, 6) is 0.762. The Balaban J connectivity index is 1.72. The lowest BCUT2D eigenvalue weighted by molar-refractivity contribution is -0.128. The Morgan fingerprint density at radius 1 is 1.31 bits per heavy atom. The topological polar surface area (TPSA) is 93.4 Å². The number of likely N-dealkylation sites (N-methyl/N-ethyl adjacent to an activating group) is 1. The summed E-state index contributed by atoms with van der Waals surface area (Å²) >= 11 is 1.21. The van der Waals surface area contributed by atoms with E-state index in [0.29, 0.717) is 24.0 Å². The monoisotopic (exact) mass is 395 g/mol. The fourth-order valence-corrected chi connectivity index (χ4v) is 5.77. The maximum Gasteiger partial charge on any atom is 0.277 e.